The van der Waals surface area contributed by atoms with Gasteiger partial charge in [0.2, 0.25) is 0 Å². The van der Waals surface area contributed by atoms with Gasteiger partial charge in [-0.1, -0.05) is 0 Å². The zero-order valence-electron chi connectivity index (χ0n) is 10.9. The van der Waals surface area contributed by atoms with Crippen LogP contribution in [0.5, 0.6) is 5.75 Å². The van der Waals surface area contributed by atoms with Crippen LogP contribution in [-0.2, 0) is 0 Å². The second-order valence-corrected chi connectivity index (χ2v) is 4.70. The molecule has 0 amide bonds. The number of aromatic nitrogens is 2. The Bertz CT molecular complexity index is 643. The van der Waals surface area contributed by atoms with Crippen LogP contribution in [0.15, 0.2) is 24.7 Å². The van der Waals surface area contributed by atoms with Gasteiger partial charge < -0.3 is 4.74 Å². The zero-order chi connectivity index (χ0) is 13.9. The number of nitro benzene ring substituents is 1. The summed E-state index contributed by atoms with van der Waals surface area (Å²) < 4.78 is 5.57. The van der Waals surface area contributed by atoms with Crippen molar-refractivity contribution in [1.29, 1.82) is 0 Å². The fourth-order valence-electron chi connectivity index (χ4n) is 2.15. The first-order chi connectivity index (χ1) is 9.74. The van der Waals surface area contributed by atoms with Crippen LogP contribution in [0.3, 0.4) is 0 Å². The first-order valence-corrected chi connectivity index (χ1v) is 6.47. The summed E-state index contributed by atoms with van der Waals surface area (Å²) in [5.74, 6) is 0.265. The molecule has 104 valence electrons. The first-order valence-electron chi connectivity index (χ1n) is 6.47. The molecule has 20 heavy (non-hydrogen) atoms. The Morgan fingerprint density at radius 1 is 1.40 bits per heavy atom. The Labute approximate surface area is 115 Å². The Hall–Kier alpha value is -2.28. The van der Waals surface area contributed by atoms with Crippen LogP contribution < -0.4 is 4.74 Å². The number of fused-ring (bicyclic) bond motifs is 1. The number of likely N-dealkylation sites (tertiary alicyclic amines) is 1. The van der Waals surface area contributed by atoms with Crippen LogP contribution >= 0.6 is 0 Å². The lowest BCUT2D eigenvalue weighted by molar-refractivity contribution is -0.385. The summed E-state index contributed by atoms with van der Waals surface area (Å²) in [5, 5.41) is 11.7. The average molecular weight is 274 g/mol. The van der Waals surface area contributed by atoms with Gasteiger partial charge in [-0.05, 0) is 19.5 Å². The van der Waals surface area contributed by atoms with Gasteiger partial charge >= 0.3 is 5.69 Å². The molecular weight excluding hydrogens is 260 g/mol. The predicted molar refractivity (Wildman–Crippen MR) is 72.7 cm³/mol. The molecule has 0 aliphatic carbocycles. The summed E-state index contributed by atoms with van der Waals surface area (Å²) in [6.45, 7) is 3.39. The molecule has 7 nitrogen and oxygen atoms in total. The third-order valence-corrected chi connectivity index (χ3v) is 3.40. The molecule has 0 atom stereocenters. The van der Waals surface area contributed by atoms with Gasteiger partial charge in [-0.3, -0.25) is 15.0 Å². The van der Waals surface area contributed by atoms with Gasteiger partial charge in [0.15, 0.2) is 5.75 Å². The smallest absolute Gasteiger partial charge is 0.311 e. The van der Waals surface area contributed by atoms with Gasteiger partial charge in [-0.15, -0.1) is 0 Å². The monoisotopic (exact) mass is 274 g/mol. The lowest BCUT2D eigenvalue weighted by atomic mass is 10.2. The molecule has 1 aliphatic rings. The van der Waals surface area contributed by atoms with Crippen molar-refractivity contribution in [2.45, 2.75) is 6.42 Å². The molecular formula is C13H14N4O3. The normalized spacial score (nSPS) is 15.0. The molecule has 0 saturated carbocycles. The molecule has 0 radical (unpaired) electrons. The SMILES string of the molecule is O=[N+]([O-])c1cc2cncnc2cc1OCCN1CCC1. The lowest BCUT2D eigenvalue weighted by Gasteiger charge is -2.30. The number of benzene rings is 1. The van der Waals surface area contributed by atoms with E-state index < -0.39 is 4.92 Å². The van der Waals surface area contributed by atoms with Gasteiger partial charge in [0.1, 0.15) is 12.9 Å². The minimum Gasteiger partial charge on any atom is -0.485 e. The van der Waals surface area contributed by atoms with Crippen LogP contribution in [0.4, 0.5) is 5.69 Å². The highest BCUT2D eigenvalue weighted by molar-refractivity contribution is 5.82. The predicted octanol–water partition coefficient (Wildman–Crippen LogP) is 1.62. The molecule has 2 heterocycles. The summed E-state index contributed by atoms with van der Waals surface area (Å²) in [5.41, 5.74) is 0.598. The fraction of sp³-hybridized carbons (Fsp3) is 0.385. The minimum absolute atomic E-state index is 0.0455. The van der Waals surface area contributed by atoms with E-state index in [-0.39, 0.29) is 11.4 Å². The third-order valence-electron chi connectivity index (χ3n) is 3.40. The maximum atomic E-state index is 11.1. The van der Waals surface area contributed by atoms with Crippen LogP contribution in [-0.4, -0.2) is 46.0 Å². The van der Waals surface area contributed by atoms with Crippen molar-refractivity contribution in [3.63, 3.8) is 0 Å². The quantitative estimate of drug-likeness (QED) is 0.608. The van der Waals surface area contributed by atoms with Crippen LogP contribution in [0, 0.1) is 10.1 Å². The van der Waals surface area contributed by atoms with Crippen LogP contribution in [0.25, 0.3) is 10.9 Å². The molecule has 1 aromatic heterocycles. The Morgan fingerprint density at radius 3 is 2.95 bits per heavy atom. The topological polar surface area (TPSA) is 81.4 Å². The molecule has 0 spiro atoms. The van der Waals surface area contributed by atoms with E-state index in [2.05, 4.69) is 14.9 Å². The largest absolute Gasteiger partial charge is 0.485 e. The van der Waals surface area contributed by atoms with Crippen LogP contribution in [0.2, 0.25) is 0 Å². The van der Waals surface area contributed by atoms with E-state index in [0.29, 0.717) is 17.5 Å². The minimum atomic E-state index is -0.439. The highest BCUT2D eigenvalue weighted by Crippen LogP contribution is 2.31. The third kappa shape index (κ3) is 2.53. The summed E-state index contributed by atoms with van der Waals surface area (Å²) >= 11 is 0. The summed E-state index contributed by atoms with van der Waals surface area (Å²) in [6.07, 6.45) is 4.18. The van der Waals surface area contributed by atoms with E-state index in [1.807, 2.05) is 0 Å². The van der Waals surface area contributed by atoms with Gasteiger partial charge in [0.25, 0.3) is 0 Å². The average Bonchev–Trinajstić information content (AvgIpc) is 2.40. The molecule has 1 aliphatic heterocycles. The van der Waals surface area contributed by atoms with Gasteiger partial charge in [-0.25, -0.2) is 9.97 Å². The summed E-state index contributed by atoms with van der Waals surface area (Å²) in [7, 11) is 0. The Balaban J connectivity index is 1.82. The lowest BCUT2D eigenvalue weighted by Crippen LogP contribution is -2.39. The Morgan fingerprint density at radius 2 is 2.25 bits per heavy atom. The van der Waals surface area contributed by atoms with Gasteiger partial charge in [-0.2, -0.15) is 0 Å². The molecule has 7 heteroatoms. The second-order valence-electron chi connectivity index (χ2n) is 4.70. The molecule has 0 bridgehead atoms. The van der Waals surface area contributed by atoms with Gasteiger partial charge in [0.05, 0.1) is 10.4 Å². The number of rotatable bonds is 5. The maximum absolute atomic E-state index is 11.1. The highest BCUT2D eigenvalue weighted by Gasteiger charge is 2.18. The molecule has 0 unspecified atom stereocenters. The van der Waals surface area contributed by atoms with Crippen molar-refractivity contribution in [2.75, 3.05) is 26.2 Å². The van der Waals surface area contributed by atoms with E-state index in [0.717, 1.165) is 19.6 Å². The molecule has 1 saturated heterocycles. The molecule has 1 aromatic carbocycles. The molecule has 2 aromatic rings. The number of hydrogen-bond donors (Lipinski definition) is 0. The van der Waals surface area contributed by atoms with E-state index in [4.69, 9.17) is 4.74 Å². The number of nitrogens with zero attached hydrogens (tertiary/aromatic N) is 4. The van der Waals surface area contributed by atoms with Crippen molar-refractivity contribution < 1.29 is 9.66 Å². The van der Waals surface area contributed by atoms with Crippen molar-refractivity contribution >= 4 is 16.6 Å². The van der Waals surface area contributed by atoms with Crippen molar-refractivity contribution in [1.82, 2.24) is 14.9 Å². The van der Waals surface area contributed by atoms with Gasteiger partial charge in [0, 0.05) is 30.3 Å². The molecule has 3 rings (SSSR count). The van der Waals surface area contributed by atoms with E-state index in [1.165, 1.54) is 18.8 Å². The van der Waals surface area contributed by atoms with Crippen molar-refractivity contribution in [3.05, 3.63) is 34.8 Å². The molecule has 0 N–H and O–H groups in total. The fourth-order valence-corrected chi connectivity index (χ4v) is 2.15. The van der Waals surface area contributed by atoms with E-state index in [9.17, 15) is 10.1 Å². The highest BCUT2D eigenvalue weighted by atomic mass is 16.6. The van der Waals surface area contributed by atoms with Crippen molar-refractivity contribution in [2.24, 2.45) is 0 Å². The number of nitro groups is 1. The zero-order valence-corrected chi connectivity index (χ0v) is 10.9. The Kier molecular flexibility index (Phi) is 3.42. The number of hydrogen-bond acceptors (Lipinski definition) is 6. The van der Waals surface area contributed by atoms with E-state index in [1.54, 1.807) is 12.3 Å². The first kappa shape index (κ1) is 12.7. The summed E-state index contributed by atoms with van der Waals surface area (Å²) in [6, 6.07) is 3.06. The van der Waals surface area contributed by atoms with Crippen molar-refractivity contribution in [3.8, 4) is 5.75 Å². The maximum Gasteiger partial charge on any atom is 0.311 e. The van der Waals surface area contributed by atoms with Crippen LogP contribution in [0.1, 0.15) is 6.42 Å². The summed E-state index contributed by atoms with van der Waals surface area (Å²) in [4.78, 5) is 20.9. The second kappa shape index (κ2) is 5.38. The molecule has 1 fully saturated rings. The number of ether oxygens (including phenoxy) is 1. The van der Waals surface area contributed by atoms with E-state index >= 15 is 0 Å². The standard InChI is InChI=1S/C13H14N4O3/c18-17(19)12-6-10-8-14-9-15-11(10)7-13(12)20-5-4-16-2-1-3-16/h6-9H,1-5H2.